The number of likely N-dealkylation sites (N-methyl/N-ethyl adjacent to an activating group) is 3. The predicted octanol–water partition coefficient (Wildman–Crippen LogP) is 0.881. The lowest BCUT2D eigenvalue weighted by molar-refractivity contribution is -0.142. The maximum absolute atomic E-state index is 13.6. The van der Waals surface area contributed by atoms with Crippen molar-refractivity contribution in [2.45, 2.75) is 13.1 Å². The number of rotatable bonds is 3. The summed E-state index contributed by atoms with van der Waals surface area (Å²) in [6, 6.07) is 3.87. The zero-order chi connectivity index (χ0) is 25.8. The van der Waals surface area contributed by atoms with Crippen LogP contribution in [0.15, 0.2) is 23.0 Å². The molecule has 0 bridgehead atoms. The van der Waals surface area contributed by atoms with E-state index < -0.39 is 34.8 Å². The van der Waals surface area contributed by atoms with Crippen LogP contribution in [0.2, 0.25) is 5.02 Å². The number of hydrogen-bond donors (Lipinski definition) is 1. The molecule has 11 nitrogen and oxygen atoms in total. The number of aromatic nitrogens is 3. The molecule has 2 aromatic heterocycles. The van der Waals surface area contributed by atoms with Gasteiger partial charge < -0.3 is 19.5 Å². The fourth-order valence-electron chi connectivity index (χ4n) is 3.92. The Hall–Kier alpha value is -3.93. The third-order valence-corrected chi connectivity index (χ3v) is 6.14. The number of carbonyl (C=O) groups is 3. The number of halogens is 2. The molecule has 13 heteroatoms. The highest BCUT2D eigenvalue weighted by Gasteiger charge is 2.35. The van der Waals surface area contributed by atoms with Crippen LogP contribution in [0.1, 0.15) is 16.1 Å². The minimum Gasteiger partial charge on any atom is -0.505 e. The van der Waals surface area contributed by atoms with Gasteiger partial charge in [0.15, 0.2) is 17.3 Å². The molecule has 0 aliphatic carbocycles. The molecule has 1 N–H and O–H groups in total. The van der Waals surface area contributed by atoms with Gasteiger partial charge in [0.05, 0.1) is 11.6 Å². The fraction of sp³-hybridized carbons (Fsp3) is 0.318. The maximum atomic E-state index is 13.6. The predicted molar refractivity (Wildman–Crippen MR) is 125 cm³/mol. The van der Waals surface area contributed by atoms with Gasteiger partial charge >= 0.3 is 11.8 Å². The Labute approximate surface area is 203 Å². The number of anilines is 1. The van der Waals surface area contributed by atoms with E-state index in [-0.39, 0.29) is 40.5 Å². The Morgan fingerprint density at radius 2 is 1.86 bits per heavy atom. The highest BCUT2D eigenvalue weighted by Crippen LogP contribution is 2.36. The van der Waals surface area contributed by atoms with Gasteiger partial charge in [0.2, 0.25) is 0 Å². The first-order chi connectivity index (χ1) is 16.4. The van der Waals surface area contributed by atoms with E-state index in [0.29, 0.717) is 12.1 Å². The van der Waals surface area contributed by atoms with Gasteiger partial charge in [-0.3, -0.25) is 24.1 Å². The summed E-state index contributed by atoms with van der Waals surface area (Å²) in [5.41, 5.74) is -0.372. The van der Waals surface area contributed by atoms with E-state index in [1.807, 2.05) is 0 Å². The molecule has 0 fully saturated rings. The molecule has 184 valence electrons. The summed E-state index contributed by atoms with van der Waals surface area (Å²) in [6.45, 7) is 0.336. The Kier molecular flexibility index (Phi) is 6.01. The third-order valence-electron chi connectivity index (χ3n) is 5.85. The van der Waals surface area contributed by atoms with E-state index in [1.54, 1.807) is 7.05 Å². The zero-order valence-corrected chi connectivity index (χ0v) is 20.1. The first kappa shape index (κ1) is 24.2. The normalized spacial score (nSPS) is 13.2. The lowest BCUT2D eigenvalue weighted by Gasteiger charge is -2.26. The van der Waals surface area contributed by atoms with Crippen LogP contribution in [0.3, 0.4) is 0 Å². The summed E-state index contributed by atoms with van der Waals surface area (Å²) >= 11 is 5.86. The van der Waals surface area contributed by atoms with Gasteiger partial charge in [-0.05, 0) is 17.7 Å². The van der Waals surface area contributed by atoms with Crippen LogP contribution in [0.25, 0.3) is 10.9 Å². The average molecular weight is 505 g/mol. The number of nitrogens with zero attached hydrogens (tertiary/aromatic N) is 6. The summed E-state index contributed by atoms with van der Waals surface area (Å²) in [5.74, 6) is -3.57. The van der Waals surface area contributed by atoms with Gasteiger partial charge in [-0.1, -0.05) is 17.7 Å². The summed E-state index contributed by atoms with van der Waals surface area (Å²) in [5, 5.41) is 14.9. The molecule has 4 rings (SSSR count). The number of hydrogen-bond acceptors (Lipinski definition) is 6. The second-order valence-corrected chi connectivity index (χ2v) is 8.80. The zero-order valence-electron chi connectivity index (χ0n) is 19.4. The minimum absolute atomic E-state index is 0.0553. The highest BCUT2D eigenvalue weighted by molar-refractivity contribution is 6.40. The van der Waals surface area contributed by atoms with Crippen LogP contribution in [0.5, 0.6) is 5.75 Å². The van der Waals surface area contributed by atoms with Gasteiger partial charge in [0.25, 0.3) is 11.5 Å². The Morgan fingerprint density at radius 3 is 2.49 bits per heavy atom. The summed E-state index contributed by atoms with van der Waals surface area (Å²) < 4.78 is 16.0. The topological polar surface area (TPSA) is 121 Å². The quantitative estimate of drug-likeness (QED) is 0.529. The molecule has 0 saturated heterocycles. The molecule has 0 spiro atoms. The van der Waals surface area contributed by atoms with Gasteiger partial charge in [0, 0.05) is 41.3 Å². The van der Waals surface area contributed by atoms with Crippen molar-refractivity contribution < 1.29 is 23.9 Å². The van der Waals surface area contributed by atoms with Crippen molar-refractivity contribution in [2.24, 2.45) is 0 Å². The van der Waals surface area contributed by atoms with E-state index in [2.05, 4.69) is 5.10 Å². The number of aromatic hydroxyl groups is 1. The molecule has 3 heterocycles. The minimum atomic E-state index is -0.937. The number of carbonyl (C=O) groups excluding carboxylic acids is 3. The van der Waals surface area contributed by atoms with Crippen molar-refractivity contribution in [1.82, 2.24) is 24.1 Å². The number of benzene rings is 1. The highest BCUT2D eigenvalue weighted by atomic mass is 35.5. The van der Waals surface area contributed by atoms with Crippen molar-refractivity contribution in [2.75, 3.05) is 39.6 Å². The first-order valence-electron chi connectivity index (χ1n) is 10.5. The molecule has 0 saturated carbocycles. The van der Waals surface area contributed by atoms with E-state index in [0.717, 1.165) is 20.5 Å². The fourth-order valence-corrected chi connectivity index (χ4v) is 4.13. The Balaban J connectivity index is 2.00. The average Bonchev–Trinajstić information content (AvgIpc) is 3.12. The first-order valence-corrected chi connectivity index (χ1v) is 10.9. The molecule has 0 radical (unpaired) electrons. The van der Waals surface area contributed by atoms with Crippen molar-refractivity contribution in [3.63, 3.8) is 0 Å². The molecule has 0 unspecified atom stereocenters. The lowest BCUT2D eigenvalue weighted by atomic mass is 10.2. The molecular formula is C22H22ClFN6O5. The molecule has 0 atom stereocenters. The summed E-state index contributed by atoms with van der Waals surface area (Å²) in [4.78, 5) is 54.9. The SMILES string of the molecule is CN(C)C(=O)C(=O)N(C)c1nn(Cc2ccc(F)c(Cl)c2)c(=O)c2c(O)c3n(c12)CCN(C)C3=O. The van der Waals surface area contributed by atoms with Gasteiger partial charge in [0.1, 0.15) is 16.7 Å². The lowest BCUT2D eigenvalue weighted by Crippen LogP contribution is -2.42. The van der Waals surface area contributed by atoms with Crippen molar-refractivity contribution in [3.8, 4) is 5.75 Å². The van der Waals surface area contributed by atoms with Gasteiger partial charge in [-0.2, -0.15) is 0 Å². The standard InChI is InChI=1S/C22H22ClFN6O5/c1-26(2)21(34)22(35)28(4)18-15-14(17(31)16-20(33)27(3)7-8-29(15)16)19(32)30(25-18)10-11-5-6-13(24)12(23)9-11/h5-6,9,31H,7-8,10H2,1-4H3. The Bertz CT molecular complexity index is 1460. The Morgan fingerprint density at radius 1 is 1.17 bits per heavy atom. The van der Waals surface area contributed by atoms with Crippen molar-refractivity contribution >= 4 is 46.0 Å². The van der Waals surface area contributed by atoms with Gasteiger partial charge in [-0.15, -0.1) is 5.10 Å². The summed E-state index contributed by atoms with van der Waals surface area (Å²) in [7, 11) is 5.69. The van der Waals surface area contributed by atoms with Crippen LogP contribution in [-0.2, 0) is 22.7 Å². The second kappa shape index (κ2) is 8.69. The molecule has 1 aromatic carbocycles. The van der Waals surface area contributed by atoms with Crippen LogP contribution in [0, 0.1) is 5.82 Å². The van der Waals surface area contributed by atoms with Crippen LogP contribution in [-0.4, -0.2) is 81.7 Å². The molecule has 3 amide bonds. The maximum Gasteiger partial charge on any atom is 0.317 e. The van der Waals surface area contributed by atoms with Crippen molar-refractivity contribution in [1.29, 1.82) is 0 Å². The number of amides is 3. The third kappa shape index (κ3) is 3.89. The molecule has 1 aliphatic rings. The molecule has 3 aromatic rings. The van der Waals surface area contributed by atoms with Crippen LogP contribution < -0.4 is 10.5 Å². The van der Waals surface area contributed by atoms with E-state index in [9.17, 15) is 28.7 Å². The summed E-state index contributed by atoms with van der Waals surface area (Å²) in [6.07, 6.45) is 0. The van der Waals surface area contributed by atoms with E-state index in [1.165, 1.54) is 42.7 Å². The van der Waals surface area contributed by atoms with Crippen molar-refractivity contribution in [3.05, 3.63) is 50.7 Å². The second-order valence-electron chi connectivity index (χ2n) is 8.40. The van der Waals surface area contributed by atoms with Crippen LogP contribution >= 0.6 is 11.6 Å². The van der Waals surface area contributed by atoms with Crippen LogP contribution in [0.4, 0.5) is 10.2 Å². The molecular weight excluding hydrogens is 483 g/mol. The molecule has 35 heavy (non-hydrogen) atoms. The van der Waals surface area contributed by atoms with E-state index >= 15 is 0 Å². The van der Waals surface area contributed by atoms with E-state index in [4.69, 9.17) is 11.6 Å². The number of fused-ring (bicyclic) bond motifs is 3. The monoisotopic (exact) mass is 504 g/mol. The molecule has 1 aliphatic heterocycles. The largest absolute Gasteiger partial charge is 0.505 e. The van der Waals surface area contributed by atoms with Gasteiger partial charge in [-0.25, -0.2) is 9.07 Å². The smallest absolute Gasteiger partial charge is 0.317 e.